The number of aliphatic hydroxyl groups is 1. The second-order valence-corrected chi connectivity index (χ2v) is 6.36. The first-order valence-electron chi connectivity index (χ1n) is 6.04. The van der Waals surface area contributed by atoms with E-state index in [-0.39, 0.29) is 17.5 Å². The molecule has 1 aromatic carbocycles. The van der Waals surface area contributed by atoms with Gasteiger partial charge in [-0.3, -0.25) is 0 Å². The van der Waals surface area contributed by atoms with Crippen molar-refractivity contribution < 1.29 is 18.3 Å². The van der Waals surface area contributed by atoms with Crippen molar-refractivity contribution in [3.05, 3.63) is 28.8 Å². The Morgan fingerprint density at radius 2 is 1.95 bits per heavy atom. The highest BCUT2D eigenvalue weighted by Crippen LogP contribution is 2.20. The zero-order valence-electron chi connectivity index (χ0n) is 11.7. The number of methoxy groups -OCH3 is 1. The maximum Gasteiger partial charge on any atom is 0.241 e. The van der Waals surface area contributed by atoms with E-state index in [1.165, 1.54) is 13.2 Å². The number of aliphatic hydroxyl groups excluding tert-OH is 1. The molecule has 0 radical (unpaired) electrons. The van der Waals surface area contributed by atoms with Gasteiger partial charge in [-0.05, 0) is 43.5 Å². The molecule has 0 aromatic heterocycles. The van der Waals surface area contributed by atoms with E-state index in [1.807, 2.05) is 6.92 Å². The summed E-state index contributed by atoms with van der Waals surface area (Å²) in [6.07, 6.45) is 0. The zero-order valence-corrected chi connectivity index (χ0v) is 12.5. The molecule has 0 spiro atoms. The number of hydrogen-bond acceptors (Lipinski definition) is 4. The van der Waals surface area contributed by atoms with Gasteiger partial charge >= 0.3 is 0 Å². The van der Waals surface area contributed by atoms with Crippen LogP contribution in [0.25, 0.3) is 0 Å². The van der Waals surface area contributed by atoms with Crippen molar-refractivity contribution in [2.45, 2.75) is 38.3 Å². The van der Waals surface area contributed by atoms with Gasteiger partial charge in [0.2, 0.25) is 10.0 Å². The van der Waals surface area contributed by atoms with Crippen LogP contribution in [0.1, 0.15) is 23.6 Å². The molecular formula is C13H21NO4S. The van der Waals surface area contributed by atoms with Gasteiger partial charge in [0, 0.05) is 13.2 Å². The molecule has 6 heteroatoms. The summed E-state index contributed by atoms with van der Waals surface area (Å²) >= 11 is 0. The lowest BCUT2D eigenvalue weighted by Gasteiger charge is -2.16. The predicted octanol–water partition coefficient (Wildman–Crippen LogP) is 1.11. The van der Waals surface area contributed by atoms with Crippen molar-refractivity contribution in [3.8, 4) is 0 Å². The lowest BCUT2D eigenvalue weighted by molar-refractivity contribution is 0.180. The van der Waals surface area contributed by atoms with Crippen LogP contribution in [0.2, 0.25) is 0 Å². The van der Waals surface area contributed by atoms with E-state index in [2.05, 4.69) is 4.72 Å². The topological polar surface area (TPSA) is 75.6 Å². The zero-order chi connectivity index (χ0) is 14.6. The Bertz CT molecular complexity index is 540. The molecule has 0 aliphatic rings. The molecule has 1 unspecified atom stereocenters. The normalized spacial score (nSPS) is 13.5. The molecule has 0 saturated carbocycles. The second-order valence-electron chi connectivity index (χ2n) is 4.68. The molecule has 1 atom stereocenters. The van der Waals surface area contributed by atoms with E-state index in [1.54, 1.807) is 19.9 Å². The van der Waals surface area contributed by atoms with Crippen LogP contribution in [0.15, 0.2) is 17.0 Å². The Kier molecular flexibility index (Phi) is 5.49. The van der Waals surface area contributed by atoms with E-state index in [0.717, 1.165) is 5.56 Å². The average Bonchev–Trinajstić information content (AvgIpc) is 2.28. The third-order valence-electron chi connectivity index (χ3n) is 2.87. The Balaban J connectivity index is 3.14. The summed E-state index contributed by atoms with van der Waals surface area (Å²) in [4.78, 5) is 0.199. The quantitative estimate of drug-likeness (QED) is 0.822. The third-order valence-corrected chi connectivity index (χ3v) is 4.60. The van der Waals surface area contributed by atoms with Gasteiger partial charge in [-0.1, -0.05) is 6.07 Å². The molecule has 5 nitrogen and oxygen atoms in total. The molecule has 0 aliphatic carbocycles. The molecule has 2 N–H and O–H groups in total. The molecule has 0 bridgehead atoms. The number of aryl methyl sites for hydroxylation is 2. The monoisotopic (exact) mass is 287 g/mol. The molecule has 0 amide bonds. The van der Waals surface area contributed by atoms with Crippen molar-refractivity contribution in [2.75, 3.05) is 13.7 Å². The van der Waals surface area contributed by atoms with Crippen LogP contribution in [0, 0.1) is 13.8 Å². The van der Waals surface area contributed by atoms with Crippen LogP contribution in [0.5, 0.6) is 0 Å². The van der Waals surface area contributed by atoms with E-state index < -0.39 is 10.0 Å². The molecular weight excluding hydrogens is 266 g/mol. The van der Waals surface area contributed by atoms with Crippen LogP contribution >= 0.6 is 0 Å². The number of ether oxygens (including phenoxy) is 1. The summed E-state index contributed by atoms with van der Waals surface area (Å²) < 4.78 is 32.0. The van der Waals surface area contributed by atoms with Gasteiger partial charge < -0.3 is 9.84 Å². The van der Waals surface area contributed by atoms with Crippen molar-refractivity contribution in [1.29, 1.82) is 0 Å². The summed E-state index contributed by atoms with van der Waals surface area (Å²) in [7, 11) is -2.08. The fourth-order valence-electron chi connectivity index (χ4n) is 1.95. The van der Waals surface area contributed by atoms with E-state index >= 15 is 0 Å². The highest BCUT2D eigenvalue weighted by atomic mass is 32.2. The van der Waals surface area contributed by atoms with E-state index in [4.69, 9.17) is 4.74 Å². The van der Waals surface area contributed by atoms with Gasteiger partial charge in [0.25, 0.3) is 0 Å². The SMILES string of the molecule is COCC(C)NS(=O)(=O)c1cc(CO)c(C)cc1C. The number of hydrogen-bond donors (Lipinski definition) is 2. The lowest BCUT2D eigenvalue weighted by Crippen LogP contribution is -2.36. The minimum absolute atomic E-state index is 0.178. The Labute approximate surface area is 114 Å². The van der Waals surface area contributed by atoms with Crippen LogP contribution in [-0.2, 0) is 21.4 Å². The van der Waals surface area contributed by atoms with Crippen molar-refractivity contribution >= 4 is 10.0 Å². The Morgan fingerprint density at radius 1 is 1.32 bits per heavy atom. The fourth-order valence-corrected chi connectivity index (χ4v) is 3.45. The molecule has 0 heterocycles. The van der Waals surface area contributed by atoms with Crippen molar-refractivity contribution in [3.63, 3.8) is 0 Å². The van der Waals surface area contributed by atoms with Crippen molar-refractivity contribution in [1.82, 2.24) is 4.72 Å². The van der Waals surface area contributed by atoms with Gasteiger partial charge in [-0.2, -0.15) is 0 Å². The summed E-state index contributed by atoms with van der Waals surface area (Å²) in [6, 6.07) is 2.97. The highest BCUT2D eigenvalue weighted by Gasteiger charge is 2.20. The first-order chi connectivity index (χ1) is 8.81. The first kappa shape index (κ1) is 16.1. The maximum absolute atomic E-state index is 12.3. The van der Waals surface area contributed by atoms with Crippen LogP contribution in [0.3, 0.4) is 0 Å². The minimum Gasteiger partial charge on any atom is -0.392 e. The summed E-state index contributed by atoms with van der Waals surface area (Å²) in [5, 5.41) is 9.23. The lowest BCUT2D eigenvalue weighted by atomic mass is 10.1. The predicted molar refractivity (Wildman–Crippen MR) is 73.5 cm³/mol. The van der Waals surface area contributed by atoms with Gasteiger partial charge in [0.1, 0.15) is 0 Å². The number of benzene rings is 1. The minimum atomic E-state index is -3.60. The van der Waals surface area contributed by atoms with E-state index in [9.17, 15) is 13.5 Å². The second kappa shape index (κ2) is 6.47. The summed E-state index contributed by atoms with van der Waals surface area (Å²) in [5.41, 5.74) is 2.15. The maximum atomic E-state index is 12.3. The first-order valence-corrected chi connectivity index (χ1v) is 7.52. The van der Waals surface area contributed by atoms with Gasteiger partial charge in [0.15, 0.2) is 0 Å². The molecule has 1 aromatic rings. The van der Waals surface area contributed by atoms with Gasteiger partial charge in [-0.25, -0.2) is 13.1 Å². The number of sulfonamides is 1. The van der Waals surface area contributed by atoms with Crippen molar-refractivity contribution in [2.24, 2.45) is 0 Å². The standard InChI is InChI=1S/C13H21NO4S/c1-9-5-10(2)13(6-12(9)7-15)19(16,17)14-11(3)8-18-4/h5-6,11,14-15H,7-8H2,1-4H3. The van der Waals surface area contributed by atoms with Gasteiger partial charge in [-0.15, -0.1) is 0 Å². The van der Waals surface area contributed by atoms with E-state index in [0.29, 0.717) is 17.7 Å². The Morgan fingerprint density at radius 3 is 2.47 bits per heavy atom. The Hall–Kier alpha value is -0.950. The fraction of sp³-hybridized carbons (Fsp3) is 0.538. The molecule has 19 heavy (non-hydrogen) atoms. The third kappa shape index (κ3) is 4.01. The summed E-state index contributed by atoms with van der Waals surface area (Å²) in [6.45, 7) is 5.44. The molecule has 0 fully saturated rings. The largest absolute Gasteiger partial charge is 0.392 e. The number of nitrogens with one attached hydrogen (secondary N) is 1. The molecule has 0 aliphatic heterocycles. The molecule has 108 valence electrons. The number of rotatable bonds is 6. The molecule has 1 rings (SSSR count). The average molecular weight is 287 g/mol. The highest BCUT2D eigenvalue weighted by molar-refractivity contribution is 7.89. The van der Waals surface area contributed by atoms with Crippen LogP contribution in [0.4, 0.5) is 0 Å². The van der Waals surface area contributed by atoms with Crippen LogP contribution < -0.4 is 4.72 Å². The summed E-state index contributed by atoms with van der Waals surface area (Å²) in [5.74, 6) is 0. The van der Waals surface area contributed by atoms with Gasteiger partial charge in [0.05, 0.1) is 18.1 Å². The smallest absolute Gasteiger partial charge is 0.241 e. The molecule has 0 saturated heterocycles. The van der Waals surface area contributed by atoms with Crippen LogP contribution in [-0.4, -0.2) is 33.3 Å².